The average molecular weight is 439 g/mol. The molecule has 1 amide bonds. The Balaban J connectivity index is 1.49. The van der Waals surface area contributed by atoms with Crippen LogP contribution in [0.4, 0.5) is 5.69 Å². The molecule has 1 aliphatic rings. The van der Waals surface area contributed by atoms with Gasteiger partial charge in [0.05, 0.1) is 5.69 Å². The summed E-state index contributed by atoms with van der Waals surface area (Å²) in [6.07, 6.45) is 5.32. The van der Waals surface area contributed by atoms with Crippen molar-refractivity contribution in [2.45, 2.75) is 32.2 Å². The number of anilines is 1. The van der Waals surface area contributed by atoms with Gasteiger partial charge in [0.25, 0.3) is 0 Å². The molecule has 1 atom stereocenters. The van der Waals surface area contributed by atoms with Gasteiger partial charge in [0, 0.05) is 57.6 Å². The van der Waals surface area contributed by atoms with Gasteiger partial charge in [-0.2, -0.15) is 0 Å². The van der Waals surface area contributed by atoms with Crippen molar-refractivity contribution in [3.05, 3.63) is 101 Å². The molecule has 0 spiro atoms. The number of carbonyl (C=O) groups excluding carboxylic acids is 1. The van der Waals surface area contributed by atoms with Gasteiger partial charge in [-0.3, -0.25) is 4.79 Å². The van der Waals surface area contributed by atoms with E-state index in [1.54, 1.807) is 0 Å². The van der Waals surface area contributed by atoms with Gasteiger partial charge in [0.2, 0.25) is 5.91 Å². The Kier molecular flexibility index (Phi) is 5.63. The third kappa shape index (κ3) is 4.11. The summed E-state index contributed by atoms with van der Waals surface area (Å²) in [5.74, 6) is 0.122. The number of rotatable bonds is 5. The quantitative estimate of drug-likeness (QED) is 0.449. The molecule has 1 aliphatic heterocycles. The van der Waals surface area contributed by atoms with E-state index < -0.39 is 0 Å². The Morgan fingerprint density at radius 3 is 2.55 bits per heavy atom. The maximum Gasteiger partial charge on any atom is 0.223 e. The van der Waals surface area contributed by atoms with Gasteiger partial charge < -0.3 is 14.2 Å². The minimum atomic E-state index is -0.0670. The van der Waals surface area contributed by atoms with E-state index in [4.69, 9.17) is 0 Å². The van der Waals surface area contributed by atoms with E-state index in [2.05, 4.69) is 75.8 Å². The van der Waals surface area contributed by atoms with Crippen molar-refractivity contribution in [3.8, 4) is 0 Å². The zero-order valence-corrected chi connectivity index (χ0v) is 19.5. The van der Waals surface area contributed by atoms with Crippen LogP contribution in [-0.2, 0) is 17.8 Å². The van der Waals surface area contributed by atoms with Crippen LogP contribution in [0.5, 0.6) is 0 Å². The molecule has 0 radical (unpaired) electrons. The lowest BCUT2D eigenvalue weighted by Gasteiger charge is -2.30. The molecule has 0 saturated carbocycles. The highest BCUT2D eigenvalue weighted by Crippen LogP contribution is 2.32. The van der Waals surface area contributed by atoms with Crippen LogP contribution in [0.3, 0.4) is 0 Å². The SMILES string of the molecule is Cc1cccn2c(C(CC(=O)N3CCc4ccccc4C3)c3ccc(N(C)C)cc3)cnc12. The van der Waals surface area contributed by atoms with E-state index in [0.717, 1.165) is 41.1 Å². The zero-order chi connectivity index (χ0) is 22.9. The topological polar surface area (TPSA) is 40.9 Å². The largest absolute Gasteiger partial charge is 0.378 e. The lowest BCUT2D eigenvalue weighted by atomic mass is 9.91. The second-order valence-electron chi connectivity index (χ2n) is 9.14. The number of aryl methyl sites for hydroxylation is 1. The van der Waals surface area contributed by atoms with Crippen molar-refractivity contribution < 1.29 is 4.79 Å². The Bertz CT molecular complexity index is 1290. The molecule has 33 heavy (non-hydrogen) atoms. The van der Waals surface area contributed by atoms with Gasteiger partial charge in [-0.05, 0) is 53.8 Å². The van der Waals surface area contributed by atoms with Crippen LogP contribution in [0.25, 0.3) is 5.65 Å². The first kappa shape index (κ1) is 21.3. The van der Waals surface area contributed by atoms with E-state index in [-0.39, 0.29) is 11.8 Å². The van der Waals surface area contributed by atoms with Crippen molar-refractivity contribution >= 4 is 17.2 Å². The summed E-state index contributed by atoms with van der Waals surface area (Å²) in [5.41, 5.74) is 8.02. The highest BCUT2D eigenvalue weighted by Gasteiger charge is 2.27. The third-order valence-corrected chi connectivity index (χ3v) is 6.79. The van der Waals surface area contributed by atoms with Crippen LogP contribution < -0.4 is 4.90 Å². The van der Waals surface area contributed by atoms with Crippen LogP contribution in [0.2, 0.25) is 0 Å². The molecule has 0 N–H and O–H groups in total. The fourth-order valence-electron chi connectivity index (χ4n) is 4.84. The number of nitrogens with zero attached hydrogens (tertiary/aromatic N) is 4. The number of hydrogen-bond donors (Lipinski definition) is 0. The summed E-state index contributed by atoms with van der Waals surface area (Å²) in [7, 11) is 4.08. The van der Waals surface area contributed by atoms with E-state index in [0.29, 0.717) is 13.0 Å². The standard InChI is InChI=1S/C28H30N4O/c1-20-7-6-15-32-26(18-29-28(20)32)25(22-10-12-24(13-11-22)30(2)3)17-27(33)31-16-14-21-8-4-5-9-23(21)19-31/h4-13,15,18,25H,14,16-17,19H2,1-3H3. The highest BCUT2D eigenvalue weighted by molar-refractivity contribution is 5.78. The molecule has 3 heterocycles. The van der Waals surface area contributed by atoms with Gasteiger partial charge in [0.1, 0.15) is 5.65 Å². The van der Waals surface area contributed by atoms with Crippen LogP contribution in [0, 0.1) is 6.92 Å². The first-order chi connectivity index (χ1) is 16.0. The molecular weight excluding hydrogens is 408 g/mol. The van der Waals surface area contributed by atoms with Crippen LogP contribution in [0.1, 0.15) is 40.3 Å². The maximum absolute atomic E-state index is 13.6. The summed E-state index contributed by atoms with van der Waals surface area (Å²) in [6.45, 7) is 3.53. The zero-order valence-electron chi connectivity index (χ0n) is 19.5. The minimum Gasteiger partial charge on any atom is -0.378 e. The van der Waals surface area contributed by atoms with Crippen molar-refractivity contribution in [2.75, 3.05) is 25.5 Å². The first-order valence-corrected chi connectivity index (χ1v) is 11.6. The monoisotopic (exact) mass is 438 g/mol. The number of fused-ring (bicyclic) bond motifs is 2. The predicted molar refractivity (Wildman–Crippen MR) is 133 cm³/mol. The molecule has 5 nitrogen and oxygen atoms in total. The molecule has 5 heteroatoms. The highest BCUT2D eigenvalue weighted by atomic mass is 16.2. The van der Waals surface area contributed by atoms with E-state index in [1.807, 2.05) is 37.5 Å². The van der Waals surface area contributed by atoms with Crippen molar-refractivity contribution in [1.29, 1.82) is 0 Å². The molecule has 5 rings (SSSR count). The second kappa shape index (κ2) is 8.74. The molecule has 0 saturated heterocycles. The number of imidazole rings is 1. The molecule has 2 aromatic heterocycles. The first-order valence-electron chi connectivity index (χ1n) is 11.6. The molecule has 168 valence electrons. The van der Waals surface area contributed by atoms with Crippen molar-refractivity contribution in [1.82, 2.24) is 14.3 Å². The van der Waals surface area contributed by atoms with E-state index in [9.17, 15) is 4.79 Å². The lowest BCUT2D eigenvalue weighted by molar-refractivity contribution is -0.132. The van der Waals surface area contributed by atoms with Crippen LogP contribution >= 0.6 is 0 Å². The summed E-state index contributed by atoms with van der Waals surface area (Å²) >= 11 is 0. The summed E-state index contributed by atoms with van der Waals surface area (Å²) in [6, 6.07) is 21.1. The Labute approximate surface area is 195 Å². The van der Waals surface area contributed by atoms with E-state index >= 15 is 0 Å². The second-order valence-corrected chi connectivity index (χ2v) is 9.14. The molecule has 0 fully saturated rings. The normalized spacial score (nSPS) is 14.2. The summed E-state index contributed by atoms with van der Waals surface area (Å²) < 4.78 is 2.14. The maximum atomic E-state index is 13.6. The number of amides is 1. The number of carbonyl (C=O) groups is 1. The summed E-state index contributed by atoms with van der Waals surface area (Å²) in [5, 5.41) is 0. The van der Waals surface area contributed by atoms with Gasteiger partial charge in [-0.15, -0.1) is 0 Å². The van der Waals surface area contributed by atoms with Gasteiger partial charge in [0.15, 0.2) is 0 Å². The number of aromatic nitrogens is 2. The van der Waals surface area contributed by atoms with Crippen LogP contribution in [0.15, 0.2) is 73.1 Å². The fourth-order valence-corrected chi connectivity index (χ4v) is 4.84. The Morgan fingerprint density at radius 2 is 1.79 bits per heavy atom. The van der Waals surface area contributed by atoms with Crippen LogP contribution in [-0.4, -0.2) is 40.8 Å². The number of benzene rings is 2. The molecule has 0 bridgehead atoms. The molecule has 2 aromatic carbocycles. The van der Waals surface area contributed by atoms with Gasteiger partial charge >= 0.3 is 0 Å². The van der Waals surface area contributed by atoms with Crippen molar-refractivity contribution in [2.24, 2.45) is 0 Å². The average Bonchev–Trinajstić information content (AvgIpc) is 3.27. The molecule has 0 aliphatic carbocycles. The predicted octanol–water partition coefficient (Wildman–Crippen LogP) is 4.82. The van der Waals surface area contributed by atoms with Crippen molar-refractivity contribution in [3.63, 3.8) is 0 Å². The minimum absolute atomic E-state index is 0.0670. The van der Waals surface area contributed by atoms with Gasteiger partial charge in [-0.1, -0.05) is 42.5 Å². The fraction of sp³-hybridized carbons (Fsp3) is 0.286. The molecule has 4 aromatic rings. The lowest BCUT2D eigenvalue weighted by Crippen LogP contribution is -2.36. The van der Waals surface area contributed by atoms with Gasteiger partial charge in [-0.25, -0.2) is 4.98 Å². The number of hydrogen-bond acceptors (Lipinski definition) is 3. The molecular formula is C28H30N4O. The summed E-state index contributed by atoms with van der Waals surface area (Å²) in [4.78, 5) is 22.3. The number of pyridine rings is 1. The smallest absolute Gasteiger partial charge is 0.223 e. The Hall–Kier alpha value is -3.60. The third-order valence-electron chi connectivity index (χ3n) is 6.79. The molecule has 1 unspecified atom stereocenters. The Morgan fingerprint density at radius 1 is 1.03 bits per heavy atom. The van der Waals surface area contributed by atoms with E-state index in [1.165, 1.54) is 11.1 Å².